The van der Waals surface area contributed by atoms with Crippen LogP contribution in [0.4, 0.5) is 0 Å². The molecule has 486 valence electrons. The first-order chi connectivity index (χ1) is 41.2. The van der Waals surface area contributed by atoms with E-state index in [1.807, 2.05) is 19.1 Å². The molecule has 0 aromatic carbocycles. The number of carbonyl (C=O) groups is 2. The highest BCUT2D eigenvalue weighted by Crippen LogP contribution is 2.23. The normalized spacial score (nSPS) is 18.6. The van der Waals surface area contributed by atoms with Crippen LogP contribution in [0.25, 0.3) is 0 Å². The first-order valence-electron chi connectivity index (χ1n) is 34.8. The number of aliphatic hydroxyl groups excluding tert-OH is 5. The molecule has 0 aromatic rings. The number of ether oxygens (including phenoxy) is 3. The molecule has 0 spiro atoms. The van der Waals surface area contributed by atoms with Gasteiger partial charge >= 0.3 is 5.97 Å². The summed E-state index contributed by atoms with van der Waals surface area (Å²) in [7, 11) is 0. The molecule has 1 amide bonds. The molecular weight excluding hydrogens is 1050 g/mol. The van der Waals surface area contributed by atoms with E-state index in [0.717, 1.165) is 77.0 Å². The van der Waals surface area contributed by atoms with Crippen molar-refractivity contribution in [3.8, 4) is 0 Å². The molecule has 1 fully saturated rings. The van der Waals surface area contributed by atoms with Crippen LogP contribution in [0.1, 0.15) is 303 Å². The number of carbonyl (C=O) groups excluding carboxylic acids is 2. The number of nitrogens with one attached hydrogen (secondary N) is 1. The van der Waals surface area contributed by atoms with Gasteiger partial charge < -0.3 is 45.1 Å². The summed E-state index contributed by atoms with van der Waals surface area (Å²) in [5.41, 5.74) is 0. The van der Waals surface area contributed by atoms with Crippen molar-refractivity contribution >= 4 is 11.9 Å². The number of unbranched alkanes of at least 4 members (excludes halogenated alkanes) is 35. The van der Waals surface area contributed by atoms with E-state index < -0.39 is 49.5 Å². The number of aliphatic hydroxyl groups is 5. The maximum absolute atomic E-state index is 13.0. The lowest BCUT2D eigenvalue weighted by Crippen LogP contribution is -2.60. The maximum Gasteiger partial charge on any atom is 0.305 e. The van der Waals surface area contributed by atoms with Gasteiger partial charge in [-0.3, -0.25) is 9.59 Å². The Labute approximate surface area is 514 Å². The van der Waals surface area contributed by atoms with Gasteiger partial charge in [-0.15, -0.1) is 0 Å². The third-order valence-corrected chi connectivity index (χ3v) is 16.0. The molecule has 1 aliphatic rings. The second kappa shape index (κ2) is 61.5. The topological polar surface area (TPSA) is 175 Å². The van der Waals surface area contributed by atoms with Crippen LogP contribution >= 0.6 is 0 Å². The molecule has 1 saturated heterocycles. The first kappa shape index (κ1) is 78.9. The molecule has 0 aliphatic carbocycles. The molecule has 11 heteroatoms. The van der Waals surface area contributed by atoms with E-state index in [-0.39, 0.29) is 18.5 Å². The number of esters is 1. The van der Waals surface area contributed by atoms with Gasteiger partial charge in [0.1, 0.15) is 24.4 Å². The fourth-order valence-electron chi connectivity index (χ4n) is 10.5. The second-order valence-electron chi connectivity index (χ2n) is 23.9. The zero-order valence-corrected chi connectivity index (χ0v) is 53.8. The van der Waals surface area contributed by atoms with Gasteiger partial charge in [0.05, 0.1) is 32.0 Å². The van der Waals surface area contributed by atoms with Gasteiger partial charge in [-0.1, -0.05) is 259 Å². The molecule has 6 N–H and O–H groups in total. The molecule has 0 aromatic heterocycles. The molecular formula is C73H129NO10. The lowest BCUT2D eigenvalue weighted by atomic mass is 9.99. The van der Waals surface area contributed by atoms with Crippen molar-refractivity contribution in [3.05, 3.63) is 85.1 Å². The van der Waals surface area contributed by atoms with Gasteiger partial charge in [0.2, 0.25) is 5.91 Å². The van der Waals surface area contributed by atoms with Gasteiger partial charge in [0.15, 0.2) is 6.29 Å². The third kappa shape index (κ3) is 49.9. The predicted octanol–water partition coefficient (Wildman–Crippen LogP) is 17.7. The number of rotatable bonds is 60. The molecule has 11 nitrogen and oxygen atoms in total. The van der Waals surface area contributed by atoms with Crippen LogP contribution in [0.3, 0.4) is 0 Å². The van der Waals surface area contributed by atoms with Gasteiger partial charge in [-0.05, 0) is 116 Å². The van der Waals surface area contributed by atoms with Gasteiger partial charge in [-0.25, -0.2) is 0 Å². The monoisotopic (exact) mass is 1180 g/mol. The molecule has 7 unspecified atom stereocenters. The van der Waals surface area contributed by atoms with Crippen molar-refractivity contribution in [1.82, 2.24) is 5.32 Å². The summed E-state index contributed by atoms with van der Waals surface area (Å²) in [5, 5.41) is 54.2. The Hall–Kier alpha value is -3.16. The summed E-state index contributed by atoms with van der Waals surface area (Å²) in [6.07, 6.45) is 74.6. The Morgan fingerprint density at radius 1 is 0.464 bits per heavy atom. The summed E-state index contributed by atoms with van der Waals surface area (Å²) in [6, 6.07) is -0.836. The van der Waals surface area contributed by atoms with Gasteiger partial charge in [0.25, 0.3) is 0 Å². The summed E-state index contributed by atoms with van der Waals surface area (Å²) in [4.78, 5) is 25.1. The van der Waals surface area contributed by atoms with E-state index in [4.69, 9.17) is 14.2 Å². The van der Waals surface area contributed by atoms with Crippen LogP contribution < -0.4 is 5.32 Å². The van der Waals surface area contributed by atoms with Crippen molar-refractivity contribution < 1.29 is 49.3 Å². The highest BCUT2D eigenvalue weighted by molar-refractivity contribution is 5.76. The highest BCUT2D eigenvalue weighted by atomic mass is 16.7. The number of allylic oxidation sites excluding steroid dienone is 13. The zero-order valence-electron chi connectivity index (χ0n) is 53.8. The molecule has 1 rings (SSSR count). The van der Waals surface area contributed by atoms with Crippen LogP contribution in [0.5, 0.6) is 0 Å². The zero-order chi connectivity index (χ0) is 60.9. The molecule has 7 atom stereocenters. The van der Waals surface area contributed by atoms with Crippen molar-refractivity contribution in [3.63, 3.8) is 0 Å². The molecule has 0 saturated carbocycles. The Balaban J connectivity index is 1.93. The van der Waals surface area contributed by atoms with E-state index >= 15 is 0 Å². The highest BCUT2D eigenvalue weighted by Gasteiger charge is 2.44. The van der Waals surface area contributed by atoms with Crippen LogP contribution in [0.2, 0.25) is 0 Å². The number of hydrogen-bond acceptors (Lipinski definition) is 10. The van der Waals surface area contributed by atoms with Crippen LogP contribution in [0, 0.1) is 0 Å². The van der Waals surface area contributed by atoms with Gasteiger partial charge in [0, 0.05) is 12.8 Å². The van der Waals surface area contributed by atoms with Gasteiger partial charge in [-0.2, -0.15) is 0 Å². The first-order valence-corrected chi connectivity index (χ1v) is 34.8. The van der Waals surface area contributed by atoms with E-state index in [9.17, 15) is 35.1 Å². The number of hydrogen-bond donors (Lipinski definition) is 6. The van der Waals surface area contributed by atoms with Crippen molar-refractivity contribution in [1.29, 1.82) is 0 Å². The fourth-order valence-corrected chi connectivity index (χ4v) is 10.5. The molecule has 0 bridgehead atoms. The van der Waals surface area contributed by atoms with E-state index in [0.29, 0.717) is 19.4 Å². The van der Waals surface area contributed by atoms with Crippen LogP contribution in [-0.2, 0) is 23.8 Å². The minimum atomic E-state index is -1.58. The fraction of sp³-hybridized carbons (Fsp3) is 0.781. The van der Waals surface area contributed by atoms with E-state index in [1.54, 1.807) is 6.08 Å². The lowest BCUT2D eigenvalue weighted by Gasteiger charge is -2.40. The molecule has 0 radical (unpaired) electrons. The minimum Gasteiger partial charge on any atom is -0.466 e. The average Bonchev–Trinajstić information content (AvgIpc) is 3.59. The second-order valence-corrected chi connectivity index (χ2v) is 23.9. The summed E-state index contributed by atoms with van der Waals surface area (Å²) >= 11 is 0. The Bertz CT molecular complexity index is 1670. The minimum absolute atomic E-state index is 0.00531. The predicted molar refractivity (Wildman–Crippen MR) is 352 cm³/mol. The summed E-state index contributed by atoms with van der Waals surface area (Å²) < 4.78 is 16.7. The molecule has 1 aliphatic heterocycles. The van der Waals surface area contributed by atoms with E-state index in [1.165, 1.54) is 199 Å². The number of amides is 1. The molecule has 84 heavy (non-hydrogen) atoms. The van der Waals surface area contributed by atoms with Crippen LogP contribution in [-0.4, -0.2) is 100 Å². The van der Waals surface area contributed by atoms with Crippen molar-refractivity contribution in [2.75, 3.05) is 19.8 Å². The molecule has 1 heterocycles. The lowest BCUT2D eigenvalue weighted by molar-refractivity contribution is -0.302. The van der Waals surface area contributed by atoms with Crippen LogP contribution in [0.15, 0.2) is 85.1 Å². The Kier molecular flexibility index (Phi) is 57.7. The largest absolute Gasteiger partial charge is 0.466 e. The average molecular weight is 1180 g/mol. The third-order valence-electron chi connectivity index (χ3n) is 16.0. The van der Waals surface area contributed by atoms with E-state index in [2.05, 4.69) is 79.1 Å². The van der Waals surface area contributed by atoms with Crippen molar-refractivity contribution in [2.45, 2.75) is 346 Å². The quantitative estimate of drug-likeness (QED) is 0.0195. The smallest absolute Gasteiger partial charge is 0.305 e. The van der Waals surface area contributed by atoms with Crippen molar-refractivity contribution in [2.24, 2.45) is 0 Å². The standard InChI is InChI=1S/C73H129NO10/c1-3-5-7-9-11-13-14-15-16-17-32-35-38-41-45-49-53-57-61-69(78)82-62-58-54-50-46-42-39-36-33-30-28-26-24-22-20-18-19-21-23-25-27-29-31-34-37-40-44-48-52-56-60-68(77)74-65(66(76)59-55-51-47-43-12-10-8-6-4-2)64-83-73-72(81)71(80)70(79)67(63-75)84-73/h4,6,12-14,16-18,20,24,26,43,55,59,65-67,70-73,75-76,79-81H,3,5,7-11,15,19,21-23,25,27-42,44-54,56-58,60-64H2,1-2H3,(H,74,77)/b6-4+,14-13-,17-16-,20-18-,26-24-,43-12+,59-55+. The summed E-state index contributed by atoms with van der Waals surface area (Å²) in [6.45, 7) is 4.07. The Morgan fingerprint density at radius 3 is 1.31 bits per heavy atom. The SMILES string of the molecule is C/C=C/CC/C=C/CC/C=C/C(O)C(COC1OC(CO)C(O)C(O)C1O)NC(=O)CCCCCCCCCCCCCCC/C=C\C/C=C\CCCCCCCCCCCOC(=O)CCCCCCCCC/C=C\C/C=C\CCCCCC. The summed E-state index contributed by atoms with van der Waals surface area (Å²) in [5.74, 6) is -0.207. The maximum atomic E-state index is 13.0. The Morgan fingerprint density at radius 2 is 0.857 bits per heavy atom.